The molecule has 1 atom stereocenters. The third-order valence-electron chi connectivity index (χ3n) is 4.44. The average molecular weight is 310 g/mol. The van der Waals surface area contributed by atoms with Crippen molar-refractivity contribution in [3.8, 4) is 0 Å². The van der Waals surface area contributed by atoms with E-state index in [9.17, 15) is 4.79 Å². The van der Waals surface area contributed by atoms with Gasteiger partial charge in [-0.3, -0.25) is 4.79 Å². The van der Waals surface area contributed by atoms with Crippen LogP contribution in [0, 0.1) is 5.41 Å². The molecule has 1 heterocycles. The maximum atomic E-state index is 13.0. The van der Waals surface area contributed by atoms with Crippen LogP contribution in [0.25, 0.3) is 0 Å². The largest absolute Gasteiger partial charge is 0.392 e. The van der Waals surface area contributed by atoms with E-state index < -0.39 is 5.41 Å². The first-order valence-corrected chi connectivity index (χ1v) is 8.38. The summed E-state index contributed by atoms with van der Waals surface area (Å²) in [6.07, 6.45) is 4.82. The summed E-state index contributed by atoms with van der Waals surface area (Å²) in [5.74, 6) is 0.0885. The van der Waals surface area contributed by atoms with Gasteiger partial charge in [-0.05, 0) is 31.2 Å². The minimum Gasteiger partial charge on any atom is -0.392 e. The standard InChI is InChI=1S/C15H22N2OS2/c1-11(12-7-6-10-20-12)17(2)14(18)15(13(16)19)8-4-3-5-9-15/h6-7,10-11H,3-5,8-9H2,1-2H3,(H2,16,19). The summed E-state index contributed by atoms with van der Waals surface area (Å²) < 4.78 is 0. The van der Waals surface area contributed by atoms with Gasteiger partial charge in [-0.25, -0.2) is 0 Å². The topological polar surface area (TPSA) is 46.3 Å². The SMILES string of the molecule is CC(c1cccs1)N(C)C(=O)C1(C(N)=S)CCCCC1. The van der Waals surface area contributed by atoms with Gasteiger partial charge in [-0.1, -0.05) is 37.5 Å². The molecule has 0 radical (unpaired) electrons. The van der Waals surface area contributed by atoms with Gasteiger partial charge >= 0.3 is 0 Å². The fourth-order valence-corrected chi connectivity index (χ4v) is 4.07. The molecule has 0 spiro atoms. The lowest BCUT2D eigenvalue weighted by Crippen LogP contribution is -2.51. The highest BCUT2D eigenvalue weighted by Gasteiger charge is 2.44. The number of hydrogen-bond acceptors (Lipinski definition) is 3. The molecule has 2 N–H and O–H groups in total. The number of hydrogen-bond donors (Lipinski definition) is 1. The lowest BCUT2D eigenvalue weighted by Gasteiger charge is -2.39. The Hall–Kier alpha value is -0.940. The highest BCUT2D eigenvalue weighted by Crippen LogP contribution is 2.40. The average Bonchev–Trinajstić information content (AvgIpc) is 2.99. The van der Waals surface area contributed by atoms with Gasteiger partial charge in [0, 0.05) is 11.9 Å². The molecule has 1 aliphatic rings. The van der Waals surface area contributed by atoms with Gasteiger partial charge in [0.2, 0.25) is 5.91 Å². The first-order valence-electron chi connectivity index (χ1n) is 7.09. The van der Waals surface area contributed by atoms with E-state index in [4.69, 9.17) is 18.0 Å². The van der Waals surface area contributed by atoms with Crippen molar-refractivity contribution in [2.24, 2.45) is 11.1 Å². The van der Waals surface area contributed by atoms with Gasteiger partial charge in [0.25, 0.3) is 0 Å². The minimum atomic E-state index is -0.617. The van der Waals surface area contributed by atoms with E-state index in [0.717, 1.165) is 25.7 Å². The number of thiocarbonyl (C=S) groups is 1. The van der Waals surface area contributed by atoms with Crippen molar-refractivity contribution in [2.45, 2.75) is 45.1 Å². The number of nitrogens with zero attached hydrogens (tertiary/aromatic N) is 1. The highest BCUT2D eigenvalue weighted by atomic mass is 32.1. The molecule has 3 nitrogen and oxygen atoms in total. The lowest BCUT2D eigenvalue weighted by atomic mass is 9.72. The Kier molecular flexibility index (Phi) is 4.81. The number of thiophene rings is 1. The highest BCUT2D eigenvalue weighted by molar-refractivity contribution is 7.80. The van der Waals surface area contributed by atoms with Crippen LogP contribution in [-0.2, 0) is 4.79 Å². The molecule has 110 valence electrons. The normalized spacial score (nSPS) is 19.3. The molecular formula is C15H22N2OS2. The van der Waals surface area contributed by atoms with Crippen LogP contribution < -0.4 is 5.73 Å². The first-order chi connectivity index (χ1) is 9.49. The molecule has 1 amide bonds. The Labute approximate surface area is 130 Å². The Morgan fingerprint density at radius 2 is 2.10 bits per heavy atom. The number of amides is 1. The summed E-state index contributed by atoms with van der Waals surface area (Å²) in [4.78, 5) is 16.3. The molecule has 5 heteroatoms. The fraction of sp³-hybridized carbons (Fsp3) is 0.600. The number of carbonyl (C=O) groups excluding carboxylic acids is 1. The van der Waals surface area contributed by atoms with Crippen molar-refractivity contribution < 1.29 is 4.79 Å². The van der Waals surface area contributed by atoms with Crippen molar-refractivity contribution in [2.75, 3.05) is 7.05 Å². The Bertz CT molecular complexity index is 478. The molecule has 1 aliphatic carbocycles. The van der Waals surface area contributed by atoms with E-state index in [2.05, 4.69) is 13.0 Å². The lowest BCUT2D eigenvalue weighted by molar-refractivity contribution is -0.140. The first kappa shape index (κ1) is 15.4. The molecule has 0 saturated heterocycles. The van der Waals surface area contributed by atoms with Crippen LogP contribution in [0.2, 0.25) is 0 Å². The monoisotopic (exact) mass is 310 g/mol. The maximum absolute atomic E-state index is 13.0. The zero-order valence-electron chi connectivity index (χ0n) is 12.1. The van der Waals surface area contributed by atoms with Crippen molar-refractivity contribution in [1.82, 2.24) is 4.90 Å². The minimum absolute atomic E-state index is 0.0654. The van der Waals surface area contributed by atoms with Crippen LogP contribution in [-0.4, -0.2) is 22.8 Å². The van der Waals surface area contributed by atoms with Gasteiger partial charge < -0.3 is 10.6 Å². The van der Waals surface area contributed by atoms with Crippen molar-refractivity contribution >= 4 is 34.5 Å². The van der Waals surface area contributed by atoms with Gasteiger partial charge in [-0.2, -0.15) is 0 Å². The van der Waals surface area contributed by atoms with E-state index >= 15 is 0 Å². The van der Waals surface area contributed by atoms with E-state index in [-0.39, 0.29) is 11.9 Å². The van der Waals surface area contributed by atoms with Crippen molar-refractivity contribution in [3.63, 3.8) is 0 Å². The van der Waals surface area contributed by atoms with Gasteiger partial charge in [0.1, 0.15) is 0 Å². The molecule has 1 aromatic rings. The molecule has 0 bridgehead atoms. The van der Waals surface area contributed by atoms with Gasteiger partial charge in [0.05, 0.1) is 16.4 Å². The van der Waals surface area contributed by atoms with E-state index in [0.29, 0.717) is 4.99 Å². The molecule has 2 rings (SSSR count). The molecule has 1 saturated carbocycles. The predicted octanol–water partition coefficient (Wildman–Crippen LogP) is 3.50. The third-order valence-corrected chi connectivity index (χ3v) is 5.88. The second-order valence-corrected chi connectivity index (χ2v) is 7.03. The molecule has 0 aliphatic heterocycles. The number of carbonyl (C=O) groups is 1. The van der Waals surface area contributed by atoms with Gasteiger partial charge in [0.15, 0.2) is 0 Å². The Balaban J connectivity index is 2.21. The molecule has 1 aromatic heterocycles. The summed E-state index contributed by atoms with van der Waals surface area (Å²) in [5.41, 5.74) is 5.33. The fourth-order valence-electron chi connectivity index (χ4n) is 2.95. The molecule has 1 unspecified atom stereocenters. The molecule has 20 heavy (non-hydrogen) atoms. The zero-order valence-corrected chi connectivity index (χ0v) is 13.7. The van der Waals surface area contributed by atoms with Crippen LogP contribution in [0.4, 0.5) is 0 Å². The van der Waals surface area contributed by atoms with E-state index in [1.807, 2.05) is 23.4 Å². The van der Waals surface area contributed by atoms with Crippen molar-refractivity contribution in [1.29, 1.82) is 0 Å². The van der Waals surface area contributed by atoms with Crippen LogP contribution in [0.1, 0.15) is 49.9 Å². The summed E-state index contributed by atoms with van der Waals surface area (Å²) >= 11 is 6.92. The third kappa shape index (κ3) is 2.74. The Morgan fingerprint density at radius 3 is 2.60 bits per heavy atom. The summed E-state index contributed by atoms with van der Waals surface area (Å²) in [5, 5.41) is 2.04. The van der Waals surface area contributed by atoms with Crippen LogP contribution in [0.5, 0.6) is 0 Å². The Morgan fingerprint density at radius 1 is 1.45 bits per heavy atom. The summed E-state index contributed by atoms with van der Waals surface area (Å²) in [7, 11) is 1.86. The number of rotatable bonds is 4. The van der Waals surface area contributed by atoms with Crippen LogP contribution >= 0.6 is 23.6 Å². The predicted molar refractivity (Wildman–Crippen MR) is 87.8 cm³/mol. The van der Waals surface area contributed by atoms with Crippen LogP contribution in [0.3, 0.4) is 0 Å². The second-order valence-electron chi connectivity index (χ2n) is 5.61. The molecule has 0 aromatic carbocycles. The maximum Gasteiger partial charge on any atom is 0.235 e. The van der Waals surface area contributed by atoms with Crippen molar-refractivity contribution in [3.05, 3.63) is 22.4 Å². The molecular weight excluding hydrogens is 288 g/mol. The van der Waals surface area contributed by atoms with Crippen LogP contribution in [0.15, 0.2) is 17.5 Å². The smallest absolute Gasteiger partial charge is 0.235 e. The van der Waals surface area contributed by atoms with Gasteiger partial charge in [-0.15, -0.1) is 11.3 Å². The quantitative estimate of drug-likeness (QED) is 0.866. The second kappa shape index (κ2) is 6.22. The van der Waals surface area contributed by atoms with E-state index in [1.54, 1.807) is 11.3 Å². The zero-order chi connectivity index (χ0) is 14.8. The summed E-state index contributed by atoms with van der Waals surface area (Å²) in [6.45, 7) is 2.06. The molecule has 1 fully saturated rings. The number of nitrogens with two attached hydrogens (primary N) is 1. The van der Waals surface area contributed by atoms with E-state index in [1.165, 1.54) is 11.3 Å². The summed E-state index contributed by atoms with van der Waals surface area (Å²) in [6, 6.07) is 4.14.